The smallest absolute Gasteiger partial charge is 0.126 e. The normalized spacial score (nSPS) is 10.5. The lowest BCUT2D eigenvalue weighted by atomic mass is 10.0. The average Bonchev–Trinajstić information content (AvgIpc) is 2.30. The highest BCUT2D eigenvalue weighted by Crippen LogP contribution is 2.28. The Hall–Kier alpha value is -1.54. The summed E-state index contributed by atoms with van der Waals surface area (Å²) in [5.41, 5.74) is 1.19. The van der Waals surface area contributed by atoms with Crippen LogP contribution in [0.15, 0.2) is 36.4 Å². The van der Waals surface area contributed by atoms with Crippen molar-refractivity contribution < 1.29 is 9.47 Å². The maximum Gasteiger partial charge on any atom is 0.126 e. The Morgan fingerprint density at radius 2 is 1.67 bits per heavy atom. The zero-order chi connectivity index (χ0) is 10.7. The first-order valence-corrected chi connectivity index (χ1v) is 4.90. The predicted octanol–water partition coefficient (Wildman–Crippen LogP) is 2.99. The van der Waals surface area contributed by atoms with Crippen molar-refractivity contribution in [1.29, 1.82) is 0 Å². The highest BCUT2D eigenvalue weighted by Gasteiger charge is 2.04. The van der Waals surface area contributed by atoms with Gasteiger partial charge in [0.05, 0.1) is 13.7 Å². The van der Waals surface area contributed by atoms with Gasteiger partial charge in [-0.1, -0.05) is 30.3 Å². The van der Waals surface area contributed by atoms with E-state index in [1.165, 1.54) is 10.9 Å². The van der Waals surface area contributed by atoms with Crippen LogP contribution in [0.25, 0.3) is 10.8 Å². The van der Waals surface area contributed by atoms with Crippen molar-refractivity contribution in [2.24, 2.45) is 0 Å². The Morgan fingerprint density at radius 1 is 0.933 bits per heavy atom. The zero-order valence-electron chi connectivity index (χ0n) is 8.99. The molecule has 0 radical (unpaired) electrons. The summed E-state index contributed by atoms with van der Waals surface area (Å²) >= 11 is 0. The molecule has 2 rings (SSSR count). The van der Waals surface area contributed by atoms with E-state index in [9.17, 15) is 0 Å². The quantitative estimate of drug-likeness (QED) is 0.761. The monoisotopic (exact) mass is 202 g/mol. The van der Waals surface area contributed by atoms with Crippen LogP contribution in [-0.2, 0) is 11.3 Å². The number of methoxy groups -OCH3 is 2. The SMILES string of the molecule is COCc1ccc(OC)c2ccccc12. The standard InChI is InChI=1S/C13H14O2/c1-14-9-10-7-8-13(15-2)12-6-4-3-5-11(10)12/h3-8H,9H2,1-2H3. The van der Waals surface area contributed by atoms with Crippen LogP contribution in [0.5, 0.6) is 5.75 Å². The lowest BCUT2D eigenvalue weighted by molar-refractivity contribution is 0.186. The van der Waals surface area contributed by atoms with Crippen molar-refractivity contribution in [3.8, 4) is 5.75 Å². The van der Waals surface area contributed by atoms with Gasteiger partial charge in [-0.2, -0.15) is 0 Å². The van der Waals surface area contributed by atoms with Gasteiger partial charge in [0, 0.05) is 12.5 Å². The molecule has 0 heterocycles. The van der Waals surface area contributed by atoms with Gasteiger partial charge in [-0.25, -0.2) is 0 Å². The molecule has 2 aromatic carbocycles. The van der Waals surface area contributed by atoms with Gasteiger partial charge in [-0.05, 0) is 17.0 Å². The molecule has 0 bridgehead atoms. The van der Waals surface area contributed by atoms with E-state index in [2.05, 4.69) is 12.1 Å². The van der Waals surface area contributed by atoms with Gasteiger partial charge in [0.25, 0.3) is 0 Å². The fourth-order valence-electron chi connectivity index (χ4n) is 1.79. The van der Waals surface area contributed by atoms with E-state index in [1.54, 1.807) is 14.2 Å². The molecule has 0 unspecified atom stereocenters. The molecule has 0 aliphatic carbocycles. The molecule has 2 aromatic rings. The van der Waals surface area contributed by atoms with E-state index < -0.39 is 0 Å². The van der Waals surface area contributed by atoms with Crippen LogP contribution in [0, 0.1) is 0 Å². The summed E-state index contributed by atoms with van der Waals surface area (Å²) in [5.74, 6) is 0.908. The molecule has 0 amide bonds. The number of hydrogen-bond acceptors (Lipinski definition) is 2. The van der Waals surface area contributed by atoms with Gasteiger partial charge < -0.3 is 9.47 Å². The Labute approximate surface area is 89.4 Å². The average molecular weight is 202 g/mol. The van der Waals surface area contributed by atoms with Crippen LogP contribution in [0.2, 0.25) is 0 Å². The highest BCUT2D eigenvalue weighted by atomic mass is 16.5. The molecule has 0 saturated heterocycles. The Bertz CT molecular complexity index is 463. The second-order valence-corrected chi connectivity index (χ2v) is 3.41. The summed E-state index contributed by atoms with van der Waals surface area (Å²) in [7, 11) is 3.40. The third kappa shape index (κ3) is 1.81. The molecule has 0 aromatic heterocycles. The zero-order valence-corrected chi connectivity index (χ0v) is 8.99. The van der Waals surface area contributed by atoms with Gasteiger partial charge in [0.15, 0.2) is 0 Å². The Morgan fingerprint density at radius 3 is 2.33 bits per heavy atom. The maximum atomic E-state index is 5.32. The number of hydrogen-bond donors (Lipinski definition) is 0. The summed E-state index contributed by atoms with van der Waals surface area (Å²) in [6.45, 7) is 0.629. The number of rotatable bonds is 3. The first kappa shape index (κ1) is 9.99. The lowest BCUT2D eigenvalue weighted by Crippen LogP contribution is -1.91. The third-order valence-electron chi connectivity index (χ3n) is 2.49. The summed E-state index contributed by atoms with van der Waals surface area (Å²) in [5, 5.41) is 2.33. The van der Waals surface area contributed by atoms with Gasteiger partial charge in [0.2, 0.25) is 0 Å². The molecule has 0 saturated carbocycles. The fourth-order valence-corrected chi connectivity index (χ4v) is 1.79. The van der Waals surface area contributed by atoms with Crippen LogP contribution in [0.1, 0.15) is 5.56 Å². The van der Waals surface area contributed by atoms with Crippen molar-refractivity contribution in [1.82, 2.24) is 0 Å². The van der Waals surface area contributed by atoms with Crippen LogP contribution >= 0.6 is 0 Å². The minimum atomic E-state index is 0.629. The van der Waals surface area contributed by atoms with Gasteiger partial charge in [-0.3, -0.25) is 0 Å². The molecular formula is C13H14O2. The van der Waals surface area contributed by atoms with Crippen molar-refractivity contribution in [3.05, 3.63) is 42.0 Å². The van der Waals surface area contributed by atoms with Gasteiger partial charge in [0.1, 0.15) is 5.75 Å². The molecule has 15 heavy (non-hydrogen) atoms. The van der Waals surface area contributed by atoms with E-state index in [-0.39, 0.29) is 0 Å². The third-order valence-corrected chi connectivity index (χ3v) is 2.49. The highest BCUT2D eigenvalue weighted by molar-refractivity contribution is 5.90. The number of benzene rings is 2. The van der Waals surface area contributed by atoms with E-state index >= 15 is 0 Å². The van der Waals surface area contributed by atoms with E-state index in [0.717, 1.165) is 11.1 Å². The van der Waals surface area contributed by atoms with E-state index in [4.69, 9.17) is 9.47 Å². The van der Waals surface area contributed by atoms with Crippen molar-refractivity contribution in [2.45, 2.75) is 6.61 Å². The maximum absolute atomic E-state index is 5.32. The van der Waals surface area contributed by atoms with Gasteiger partial charge in [-0.15, -0.1) is 0 Å². The second-order valence-electron chi connectivity index (χ2n) is 3.41. The Kier molecular flexibility index (Phi) is 2.88. The first-order chi connectivity index (χ1) is 7.36. The minimum Gasteiger partial charge on any atom is -0.496 e. The first-order valence-electron chi connectivity index (χ1n) is 4.90. The van der Waals surface area contributed by atoms with Crippen LogP contribution in [0.3, 0.4) is 0 Å². The molecular weight excluding hydrogens is 188 g/mol. The van der Waals surface area contributed by atoms with Crippen LogP contribution in [0.4, 0.5) is 0 Å². The largest absolute Gasteiger partial charge is 0.496 e. The van der Waals surface area contributed by atoms with Crippen LogP contribution in [-0.4, -0.2) is 14.2 Å². The van der Waals surface area contributed by atoms with Crippen molar-refractivity contribution in [3.63, 3.8) is 0 Å². The topological polar surface area (TPSA) is 18.5 Å². The second kappa shape index (κ2) is 4.32. The van der Waals surface area contributed by atoms with E-state index in [0.29, 0.717) is 6.61 Å². The predicted molar refractivity (Wildman–Crippen MR) is 61.2 cm³/mol. The van der Waals surface area contributed by atoms with E-state index in [1.807, 2.05) is 24.3 Å². The van der Waals surface area contributed by atoms with Crippen molar-refractivity contribution in [2.75, 3.05) is 14.2 Å². The molecule has 0 atom stereocenters. The minimum absolute atomic E-state index is 0.629. The fraction of sp³-hybridized carbons (Fsp3) is 0.231. The molecule has 2 heteroatoms. The molecule has 2 nitrogen and oxygen atoms in total. The molecule has 0 fully saturated rings. The molecule has 78 valence electrons. The molecule has 0 spiro atoms. The number of fused-ring (bicyclic) bond motifs is 1. The lowest BCUT2D eigenvalue weighted by Gasteiger charge is -2.09. The molecule has 0 aliphatic rings. The molecule has 0 N–H and O–H groups in total. The van der Waals surface area contributed by atoms with Gasteiger partial charge >= 0.3 is 0 Å². The number of ether oxygens (including phenoxy) is 2. The van der Waals surface area contributed by atoms with Crippen molar-refractivity contribution >= 4 is 10.8 Å². The summed E-state index contributed by atoms with van der Waals surface area (Å²) in [6, 6.07) is 12.2. The summed E-state index contributed by atoms with van der Waals surface area (Å²) < 4.78 is 10.5. The summed E-state index contributed by atoms with van der Waals surface area (Å²) in [6.07, 6.45) is 0. The summed E-state index contributed by atoms with van der Waals surface area (Å²) in [4.78, 5) is 0. The Balaban J connectivity index is 2.66. The molecule has 0 aliphatic heterocycles. The van der Waals surface area contributed by atoms with Crippen LogP contribution < -0.4 is 4.74 Å².